The summed E-state index contributed by atoms with van der Waals surface area (Å²) in [6, 6.07) is 9.81. The summed E-state index contributed by atoms with van der Waals surface area (Å²) in [7, 11) is -6.75. The second-order valence-corrected chi connectivity index (χ2v) is 19.2. The van der Waals surface area contributed by atoms with E-state index in [0.717, 1.165) is 37.5 Å². The Morgan fingerprint density at radius 2 is 1.58 bits per heavy atom. The predicted molar refractivity (Wildman–Crippen MR) is 205 cm³/mol. The number of hydrogen-bond acceptors (Lipinski definition) is 9. The summed E-state index contributed by atoms with van der Waals surface area (Å²) in [4.78, 5) is 43.1. The van der Waals surface area contributed by atoms with Crippen molar-refractivity contribution >= 4 is 49.2 Å². The molecule has 2 aromatic rings. The van der Waals surface area contributed by atoms with E-state index in [1.165, 1.54) is 11.0 Å². The van der Waals surface area contributed by atoms with Gasteiger partial charge in [0.15, 0.2) is 0 Å². The van der Waals surface area contributed by atoms with Crippen LogP contribution in [0.1, 0.15) is 108 Å². The van der Waals surface area contributed by atoms with Crippen LogP contribution in [-0.4, -0.2) is 78.5 Å². The third-order valence-electron chi connectivity index (χ3n) is 8.02. The van der Waals surface area contributed by atoms with Crippen LogP contribution >= 0.6 is 0 Å². The molecule has 1 atom stereocenters. The number of carbonyl (C=O) groups excluding carboxylic acids is 3. The second-order valence-electron chi connectivity index (χ2n) is 15.2. The van der Waals surface area contributed by atoms with Gasteiger partial charge < -0.3 is 24.6 Å². The third kappa shape index (κ3) is 13.6. The number of fused-ring (bicyclic) bond motifs is 1. The molecule has 290 valence electrons. The highest BCUT2D eigenvalue weighted by Gasteiger charge is 2.30. The molecule has 3 rings (SSSR count). The standard InChI is InChI=1S/C37H57N5O8S2/c1-9-10-11-12-13-23-52(38,48)29-16-18-32-28(25-29)19-22-42(32)33(43)30-24-27(15-17-31(30)40-51(8,46)47)26-41(35(45)50-37(5,6)7)21-14-20-39-34(44)49-36(2,3)4/h15-18,24-25,38,40H,9-14,19-23,26H2,1-8H3,(H,39,44). The van der Waals surface area contributed by atoms with E-state index < -0.39 is 49.0 Å². The number of ether oxygens (including phenoxy) is 2. The molecule has 1 heterocycles. The van der Waals surface area contributed by atoms with Gasteiger partial charge in [-0.15, -0.1) is 0 Å². The van der Waals surface area contributed by atoms with Gasteiger partial charge in [-0.1, -0.05) is 38.7 Å². The summed E-state index contributed by atoms with van der Waals surface area (Å²) in [5.74, 6) is -0.168. The van der Waals surface area contributed by atoms with Crippen LogP contribution in [0.25, 0.3) is 0 Å². The Labute approximate surface area is 310 Å². The van der Waals surface area contributed by atoms with Crippen LogP contribution in [0, 0.1) is 4.78 Å². The van der Waals surface area contributed by atoms with Gasteiger partial charge in [0.05, 0.1) is 27.2 Å². The van der Waals surface area contributed by atoms with Gasteiger partial charge in [0.1, 0.15) is 11.2 Å². The van der Waals surface area contributed by atoms with Gasteiger partial charge in [-0.05, 0) is 102 Å². The average molecular weight is 764 g/mol. The fourth-order valence-corrected chi connectivity index (χ4v) is 7.72. The molecule has 0 saturated carbocycles. The lowest BCUT2D eigenvalue weighted by molar-refractivity contribution is 0.0231. The van der Waals surface area contributed by atoms with Crippen LogP contribution in [0.15, 0.2) is 41.3 Å². The summed E-state index contributed by atoms with van der Waals surface area (Å²) in [6.45, 7) is 13.5. The highest BCUT2D eigenvalue weighted by atomic mass is 32.2. The number of amides is 3. The predicted octanol–water partition coefficient (Wildman–Crippen LogP) is 7.29. The summed E-state index contributed by atoms with van der Waals surface area (Å²) < 4.78 is 59.9. The zero-order valence-corrected chi connectivity index (χ0v) is 33.6. The van der Waals surface area contributed by atoms with Crippen molar-refractivity contribution < 1.29 is 36.5 Å². The maximum Gasteiger partial charge on any atom is 0.410 e. The summed E-state index contributed by atoms with van der Waals surface area (Å²) in [5, 5.41) is 2.68. The first-order valence-electron chi connectivity index (χ1n) is 17.9. The number of carbonyl (C=O) groups is 3. The van der Waals surface area contributed by atoms with E-state index in [1.54, 1.807) is 76.8 Å². The van der Waals surface area contributed by atoms with Crippen LogP contribution < -0.4 is 14.9 Å². The Kier molecular flexibility index (Phi) is 14.6. The van der Waals surface area contributed by atoms with E-state index in [0.29, 0.717) is 42.0 Å². The SMILES string of the molecule is CCCCCCCS(=N)(=O)c1ccc2c(c1)CCN2C(=O)c1cc(CN(CCCNC(=O)OC(C)(C)C)C(=O)OC(C)(C)C)ccc1NS(C)(=O)=O. The quantitative estimate of drug-likeness (QED) is 0.149. The van der Waals surface area contributed by atoms with Gasteiger partial charge in [0, 0.05) is 42.5 Å². The molecular formula is C37H57N5O8S2. The number of benzene rings is 2. The van der Waals surface area contributed by atoms with E-state index in [4.69, 9.17) is 14.3 Å². The topological polar surface area (TPSA) is 175 Å². The molecule has 0 bridgehead atoms. The van der Waals surface area contributed by atoms with E-state index in [1.807, 2.05) is 0 Å². The molecule has 0 aromatic heterocycles. The first-order valence-corrected chi connectivity index (χ1v) is 21.5. The van der Waals surface area contributed by atoms with Crippen LogP contribution in [0.3, 0.4) is 0 Å². The minimum atomic E-state index is -3.76. The van der Waals surface area contributed by atoms with Gasteiger partial charge in [-0.2, -0.15) is 0 Å². The van der Waals surface area contributed by atoms with Crippen molar-refractivity contribution in [2.24, 2.45) is 0 Å². The average Bonchev–Trinajstić information content (AvgIpc) is 3.44. The fourth-order valence-electron chi connectivity index (χ4n) is 5.68. The molecule has 0 fully saturated rings. The first-order chi connectivity index (χ1) is 24.1. The maximum atomic E-state index is 14.2. The molecule has 1 aliphatic rings. The minimum absolute atomic E-state index is 0.0387. The number of rotatable bonds is 16. The highest BCUT2D eigenvalue weighted by Crippen LogP contribution is 2.34. The lowest BCUT2D eigenvalue weighted by Gasteiger charge is -2.28. The van der Waals surface area contributed by atoms with Crippen molar-refractivity contribution in [1.29, 1.82) is 4.78 Å². The number of nitrogens with one attached hydrogen (secondary N) is 3. The molecule has 15 heteroatoms. The van der Waals surface area contributed by atoms with Gasteiger partial charge in [-0.3, -0.25) is 9.52 Å². The molecule has 3 N–H and O–H groups in total. The molecule has 0 spiro atoms. The van der Waals surface area contributed by atoms with E-state index in [-0.39, 0.29) is 36.6 Å². The summed E-state index contributed by atoms with van der Waals surface area (Å²) in [6.07, 6.45) is 5.62. The Hall–Kier alpha value is -3.85. The second kappa shape index (κ2) is 17.8. The summed E-state index contributed by atoms with van der Waals surface area (Å²) in [5.41, 5.74) is 0.696. The largest absolute Gasteiger partial charge is 0.444 e. The van der Waals surface area contributed by atoms with Crippen molar-refractivity contribution in [3.63, 3.8) is 0 Å². The number of hydrogen-bond donors (Lipinski definition) is 3. The first kappa shape index (κ1) is 42.6. The smallest absolute Gasteiger partial charge is 0.410 e. The molecule has 1 aliphatic heterocycles. The molecular weight excluding hydrogens is 707 g/mol. The van der Waals surface area contributed by atoms with Gasteiger partial charge in [-0.25, -0.2) is 27.0 Å². The Morgan fingerprint density at radius 3 is 2.21 bits per heavy atom. The van der Waals surface area contributed by atoms with Crippen molar-refractivity contribution in [3.8, 4) is 0 Å². The number of nitrogens with zero attached hydrogens (tertiary/aromatic N) is 2. The zero-order chi connectivity index (χ0) is 38.9. The Balaban J connectivity index is 1.87. The van der Waals surface area contributed by atoms with E-state index >= 15 is 0 Å². The Morgan fingerprint density at radius 1 is 0.904 bits per heavy atom. The van der Waals surface area contributed by atoms with Crippen molar-refractivity contribution in [2.45, 2.75) is 116 Å². The maximum absolute atomic E-state index is 14.2. The van der Waals surface area contributed by atoms with E-state index in [9.17, 15) is 27.0 Å². The molecule has 3 amide bonds. The van der Waals surface area contributed by atoms with Gasteiger partial charge >= 0.3 is 12.2 Å². The van der Waals surface area contributed by atoms with Crippen molar-refractivity contribution in [2.75, 3.05) is 41.3 Å². The van der Waals surface area contributed by atoms with Crippen LogP contribution in [0.5, 0.6) is 0 Å². The van der Waals surface area contributed by atoms with Crippen LogP contribution in [0.4, 0.5) is 21.0 Å². The van der Waals surface area contributed by atoms with Gasteiger partial charge in [0.25, 0.3) is 5.91 Å². The van der Waals surface area contributed by atoms with Crippen molar-refractivity contribution in [1.82, 2.24) is 10.2 Å². The molecule has 13 nitrogen and oxygen atoms in total. The minimum Gasteiger partial charge on any atom is -0.444 e. The monoisotopic (exact) mass is 763 g/mol. The lowest BCUT2D eigenvalue weighted by Crippen LogP contribution is -2.39. The normalized spacial score (nSPS) is 14.3. The molecule has 52 heavy (non-hydrogen) atoms. The molecule has 0 saturated heterocycles. The van der Waals surface area contributed by atoms with Crippen LogP contribution in [0.2, 0.25) is 0 Å². The molecule has 2 aromatic carbocycles. The van der Waals surface area contributed by atoms with Crippen LogP contribution in [-0.2, 0) is 42.2 Å². The molecule has 1 unspecified atom stereocenters. The highest BCUT2D eigenvalue weighted by molar-refractivity contribution is 7.92. The van der Waals surface area contributed by atoms with Gasteiger partial charge in [0.2, 0.25) is 10.0 Å². The number of alkyl carbamates (subject to hydrolysis) is 1. The lowest BCUT2D eigenvalue weighted by atomic mass is 10.1. The molecule has 0 aliphatic carbocycles. The van der Waals surface area contributed by atoms with Crippen molar-refractivity contribution in [3.05, 3.63) is 53.1 Å². The third-order valence-corrected chi connectivity index (χ3v) is 10.5. The molecule has 0 radical (unpaired) electrons. The number of anilines is 2. The Bertz CT molecular complexity index is 1800. The fraction of sp³-hybridized carbons (Fsp3) is 0.595. The summed E-state index contributed by atoms with van der Waals surface area (Å²) >= 11 is 0. The van der Waals surface area contributed by atoms with E-state index in [2.05, 4.69) is 17.0 Å². The zero-order valence-electron chi connectivity index (χ0n) is 31.9. The number of sulfonamides is 1. The number of unbranched alkanes of at least 4 members (excludes halogenated alkanes) is 4.